The highest BCUT2D eigenvalue weighted by Crippen LogP contribution is 2.25. The van der Waals surface area contributed by atoms with Crippen LogP contribution in [-0.4, -0.2) is 28.0 Å². The van der Waals surface area contributed by atoms with E-state index >= 15 is 0 Å². The number of ether oxygens (including phenoxy) is 1. The number of carboxylic acids is 1. The van der Waals surface area contributed by atoms with Crippen molar-refractivity contribution < 1.29 is 14.6 Å². The number of hydrogen-bond donors (Lipinski definition) is 1. The summed E-state index contributed by atoms with van der Waals surface area (Å²) < 4.78 is 6.66. The number of benzene rings is 1. The zero-order chi connectivity index (χ0) is 13.3. The molecule has 0 atom stereocenters. The van der Waals surface area contributed by atoms with Gasteiger partial charge in [-0.25, -0.2) is 9.48 Å². The lowest BCUT2D eigenvalue weighted by Crippen LogP contribution is -2.03. The number of aromatic nitrogens is 2. The second kappa shape index (κ2) is 4.52. The van der Waals surface area contributed by atoms with E-state index in [2.05, 4.69) is 5.10 Å². The molecule has 0 aliphatic carbocycles. The first-order valence-corrected chi connectivity index (χ1v) is 5.48. The van der Waals surface area contributed by atoms with E-state index in [0.29, 0.717) is 5.69 Å². The van der Waals surface area contributed by atoms with Crippen molar-refractivity contribution in [2.24, 2.45) is 0 Å². The summed E-state index contributed by atoms with van der Waals surface area (Å²) >= 11 is 0. The molecule has 1 N–H and O–H groups in total. The van der Waals surface area contributed by atoms with Gasteiger partial charge >= 0.3 is 5.97 Å². The maximum Gasteiger partial charge on any atom is 0.343 e. The molecule has 0 bridgehead atoms. The number of aryl methyl sites for hydroxylation is 2. The molecule has 0 saturated carbocycles. The van der Waals surface area contributed by atoms with Crippen LogP contribution in [0.5, 0.6) is 5.88 Å². The molecule has 18 heavy (non-hydrogen) atoms. The second-order valence-corrected chi connectivity index (χ2v) is 4.02. The molecule has 0 unspecified atom stereocenters. The van der Waals surface area contributed by atoms with Gasteiger partial charge in [0.25, 0.3) is 0 Å². The van der Waals surface area contributed by atoms with Crippen molar-refractivity contribution in [1.29, 1.82) is 0 Å². The van der Waals surface area contributed by atoms with Gasteiger partial charge in [-0.3, -0.25) is 0 Å². The summed E-state index contributed by atoms with van der Waals surface area (Å²) in [6, 6.07) is 7.62. The minimum Gasteiger partial charge on any atom is -0.480 e. The molecule has 94 valence electrons. The Balaban J connectivity index is 2.61. The first kappa shape index (κ1) is 12.2. The summed E-state index contributed by atoms with van der Waals surface area (Å²) in [5.41, 5.74) is 2.42. The van der Waals surface area contributed by atoms with Gasteiger partial charge in [-0.05, 0) is 26.0 Å². The molecule has 0 fully saturated rings. The van der Waals surface area contributed by atoms with Crippen LogP contribution in [0.15, 0.2) is 24.3 Å². The fraction of sp³-hybridized carbons (Fsp3) is 0.231. The Hall–Kier alpha value is -2.30. The van der Waals surface area contributed by atoms with Crippen LogP contribution in [0.3, 0.4) is 0 Å². The molecule has 1 heterocycles. The molecule has 5 nitrogen and oxygen atoms in total. The predicted molar refractivity (Wildman–Crippen MR) is 66.5 cm³/mol. The molecule has 0 spiro atoms. The van der Waals surface area contributed by atoms with Gasteiger partial charge in [0.2, 0.25) is 5.88 Å². The second-order valence-electron chi connectivity index (χ2n) is 4.02. The minimum absolute atomic E-state index is 0.0954. The highest BCUT2D eigenvalue weighted by atomic mass is 16.5. The van der Waals surface area contributed by atoms with Gasteiger partial charge in [-0.1, -0.05) is 17.7 Å². The molecular weight excluding hydrogens is 232 g/mol. The number of aromatic carboxylic acids is 1. The third-order valence-electron chi connectivity index (χ3n) is 2.70. The predicted octanol–water partition coefficient (Wildman–Crippen LogP) is 2.20. The van der Waals surface area contributed by atoms with Gasteiger partial charge in [-0.15, -0.1) is 0 Å². The van der Waals surface area contributed by atoms with E-state index in [1.807, 2.05) is 31.2 Å². The van der Waals surface area contributed by atoms with Crippen LogP contribution in [0.25, 0.3) is 5.69 Å². The maximum atomic E-state index is 11.2. The molecule has 2 aromatic rings. The van der Waals surface area contributed by atoms with Crippen LogP contribution in [0.2, 0.25) is 0 Å². The van der Waals surface area contributed by atoms with Gasteiger partial charge < -0.3 is 9.84 Å². The molecule has 0 radical (unpaired) electrons. The lowest BCUT2D eigenvalue weighted by molar-refractivity contribution is 0.0692. The van der Waals surface area contributed by atoms with Crippen molar-refractivity contribution in [2.75, 3.05) is 7.11 Å². The molecule has 0 saturated heterocycles. The number of carboxylic acid groups (broad SMARTS) is 1. The normalized spacial score (nSPS) is 10.4. The Kier molecular flexibility index (Phi) is 3.06. The van der Waals surface area contributed by atoms with Crippen LogP contribution < -0.4 is 4.74 Å². The highest BCUT2D eigenvalue weighted by Gasteiger charge is 2.22. The first-order chi connectivity index (χ1) is 8.54. The summed E-state index contributed by atoms with van der Waals surface area (Å²) in [4.78, 5) is 11.2. The van der Waals surface area contributed by atoms with Crippen molar-refractivity contribution in [2.45, 2.75) is 13.8 Å². The van der Waals surface area contributed by atoms with Crippen molar-refractivity contribution in [3.8, 4) is 11.6 Å². The van der Waals surface area contributed by atoms with Crippen LogP contribution in [0.1, 0.15) is 21.6 Å². The Labute approximate surface area is 105 Å². The van der Waals surface area contributed by atoms with E-state index in [1.54, 1.807) is 6.92 Å². The molecule has 5 heteroatoms. The molecule has 1 aromatic heterocycles. The van der Waals surface area contributed by atoms with Crippen molar-refractivity contribution in [1.82, 2.24) is 9.78 Å². The Morgan fingerprint density at radius 2 is 1.89 bits per heavy atom. The highest BCUT2D eigenvalue weighted by molar-refractivity contribution is 5.91. The Morgan fingerprint density at radius 1 is 1.28 bits per heavy atom. The maximum absolute atomic E-state index is 11.2. The van der Waals surface area contributed by atoms with Gasteiger partial charge in [0.05, 0.1) is 18.5 Å². The van der Waals surface area contributed by atoms with Gasteiger partial charge in [0.1, 0.15) is 5.56 Å². The summed E-state index contributed by atoms with van der Waals surface area (Å²) in [5.74, 6) is -0.799. The fourth-order valence-corrected chi connectivity index (χ4v) is 1.80. The molecule has 0 amide bonds. The number of carbonyl (C=O) groups is 1. The monoisotopic (exact) mass is 246 g/mol. The minimum atomic E-state index is -1.04. The van der Waals surface area contributed by atoms with Gasteiger partial charge in [-0.2, -0.15) is 5.10 Å². The van der Waals surface area contributed by atoms with Crippen LogP contribution in [-0.2, 0) is 0 Å². The average molecular weight is 246 g/mol. The van der Waals surface area contributed by atoms with E-state index in [-0.39, 0.29) is 11.4 Å². The third kappa shape index (κ3) is 1.95. The fourth-order valence-electron chi connectivity index (χ4n) is 1.80. The summed E-state index contributed by atoms with van der Waals surface area (Å²) in [6.45, 7) is 3.63. The molecule has 1 aromatic carbocycles. The van der Waals surface area contributed by atoms with E-state index in [1.165, 1.54) is 11.8 Å². The van der Waals surface area contributed by atoms with E-state index in [4.69, 9.17) is 9.84 Å². The van der Waals surface area contributed by atoms with Crippen molar-refractivity contribution >= 4 is 5.97 Å². The van der Waals surface area contributed by atoms with Crippen LogP contribution >= 0.6 is 0 Å². The summed E-state index contributed by atoms with van der Waals surface area (Å²) in [6.07, 6.45) is 0. The van der Waals surface area contributed by atoms with Crippen LogP contribution in [0, 0.1) is 13.8 Å². The third-order valence-corrected chi connectivity index (χ3v) is 2.70. The van der Waals surface area contributed by atoms with E-state index in [0.717, 1.165) is 11.3 Å². The Morgan fingerprint density at radius 3 is 2.39 bits per heavy atom. The SMILES string of the molecule is COc1c(C(=O)O)c(C)nn1-c1ccc(C)cc1. The molecular formula is C13H14N2O3. The quantitative estimate of drug-likeness (QED) is 0.901. The van der Waals surface area contributed by atoms with E-state index in [9.17, 15) is 4.79 Å². The summed E-state index contributed by atoms with van der Waals surface area (Å²) in [7, 11) is 1.44. The smallest absolute Gasteiger partial charge is 0.343 e. The number of methoxy groups -OCH3 is 1. The van der Waals surface area contributed by atoms with Gasteiger partial charge in [0.15, 0.2) is 0 Å². The topological polar surface area (TPSA) is 64.3 Å². The number of hydrogen-bond acceptors (Lipinski definition) is 3. The lowest BCUT2D eigenvalue weighted by atomic mass is 10.2. The average Bonchev–Trinajstić information content (AvgIpc) is 2.67. The zero-order valence-corrected chi connectivity index (χ0v) is 10.5. The molecule has 0 aliphatic rings. The first-order valence-electron chi connectivity index (χ1n) is 5.48. The largest absolute Gasteiger partial charge is 0.480 e. The number of nitrogens with zero attached hydrogens (tertiary/aromatic N) is 2. The van der Waals surface area contributed by atoms with Crippen LogP contribution in [0.4, 0.5) is 0 Å². The Bertz CT molecular complexity index is 585. The lowest BCUT2D eigenvalue weighted by Gasteiger charge is -2.06. The van der Waals surface area contributed by atoms with Crippen molar-refractivity contribution in [3.05, 3.63) is 41.1 Å². The summed E-state index contributed by atoms with van der Waals surface area (Å²) in [5, 5.41) is 13.4. The van der Waals surface area contributed by atoms with E-state index < -0.39 is 5.97 Å². The number of rotatable bonds is 3. The van der Waals surface area contributed by atoms with Gasteiger partial charge in [0, 0.05) is 0 Å². The molecule has 2 rings (SSSR count). The standard InChI is InChI=1S/C13H14N2O3/c1-8-4-6-10(7-5-8)15-12(18-3)11(13(16)17)9(2)14-15/h4-7H,1-3H3,(H,16,17). The molecule has 0 aliphatic heterocycles. The van der Waals surface area contributed by atoms with Crippen molar-refractivity contribution in [3.63, 3.8) is 0 Å². The zero-order valence-electron chi connectivity index (χ0n) is 10.5.